The second-order valence-electron chi connectivity index (χ2n) is 9.43. The molecule has 2 aliphatic heterocycles. The van der Waals surface area contributed by atoms with Gasteiger partial charge < -0.3 is 5.32 Å². The summed E-state index contributed by atoms with van der Waals surface area (Å²) in [4.78, 5) is 30.9. The molecule has 0 aliphatic carbocycles. The molecule has 0 atom stereocenters. The molecule has 3 aromatic rings. The highest BCUT2D eigenvalue weighted by Gasteiger charge is 2.27. The minimum absolute atomic E-state index is 0.0649. The number of rotatable bonds is 4. The quantitative estimate of drug-likeness (QED) is 0.594. The normalized spacial score (nSPS) is 17.1. The molecule has 9 heteroatoms. The molecule has 1 aromatic heterocycles. The van der Waals surface area contributed by atoms with E-state index in [4.69, 9.17) is 4.98 Å². The molecular formula is C26H30N4O4S. The molecule has 35 heavy (non-hydrogen) atoms. The number of carbonyl (C=O) groups excluding carboxylic acids is 1. The fourth-order valence-corrected chi connectivity index (χ4v) is 6.73. The molecule has 0 saturated carbocycles. The zero-order valence-electron chi connectivity index (χ0n) is 19.9. The van der Waals surface area contributed by atoms with Gasteiger partial charge in [0.2, 0.25) is 10.0 Å². The lowest BCUT2D eigenvalue weighted by atomic mass is 10.1. The van der Waals surface area contributed by atoms with Gasteiger partial charge in [0, 0.05) is 37.3 Å². The molecular weight excluding hydrogens is 464 g/mol. The number of aryl methyl sites for hydroxylation is 2. The molecule has 1 N–H and O–H groups in total. The Labute approximate surface area is 205 Å². The topological polar surface area (TPSA) is 101 Å². The third-order valence-corrected chi connectivity index (χ3v) is 9.00. The van der Waals surface area contributed by atoms with E-state index < -0.39 is 10.0 Å². The first-order chi connectivity index (χ1) is 16.8. The average Bonchev–Trinajstić information content (AvgIpc) is 3.11. The monoisotopic (exact) mass is 494 g/mol. The van der Waals surface area contributed by atoms with Crippen LogP contribution in [0.4, 0.5) is 5.69 Å². The van der Waals surface area contributed by atoms with Crippen molar-refractivity contribution in [2.24, 2.45) is 0 Å². The first-order valence-corrected chi connectivity index (χ1v) is 13.7. The van der Waals surface area contributed by atoms with Crippen LogP contribution in [0.2, 0.25) is 0 Å². The fraction of sp³-hybridized carbons (Fsp3) is 0.423. The third-order valence-electron chi connectivity index (χ3n) is 6.96. The van der Waals surface area contributed by atoms with Crippen LogP contribution in [0.1, 0.15) is 60.3 Å². The predicted octanol–water partition coefficient (Wildman–Crippen LogP) is 3.86. The zero-order chi connectivity index (χ0) is 24.6. The Kier molecular flexibility index (Phi) is 6.46. The second-order valence-corrected chi connectivity index (χ2v) is 11.3. The van der Waals surface area contributed by atoms with E-state index in [0.717, 1.165) is 50.8 Å². The number of hydrogen-bond donors (Lipinski definition) is 1. The highest BCUT2D eigenvalue weighted by atomic mass is 32.2. The SMILES string of the molecule is Cc1ccc(NC(=O)c2ccc3c(=O)n4c(nc3c2)CCCCC4)cc1S(=O)(=O)N1CCCCC1. The van der Waals surface area contributed by atoms with Gasteiger partial charge in [0.25, 0.3) is 11.5 Å². The van der Waals surface area contributed by atoms with Crippen molar-refractivity contribution in [2.75, 3.05) is 18.4 Å². The highest BCUT2D eigenvalue weighted by Crippen LogP contribution is 2.26. The van der Waals surface area contributed by atoms with Crippen LogP contribution in [0.5, 0.6) is 0 Å². The molecule has 1 saturated heterocycles. The summed E-state index contributed by atoms with van der Waals surface area (Å²) < 4.78 is 29.7. The maximum Gasteiger partial charge on any atom is 0.261 e. The van der Waals surface area contributed by atoms with E-state index in [1.165, 1.54) is 10.4 Å². The first-order valence-electron chi connectivity index (χ1n) is 12.3. The highest BCUT2D eigenvalue weighted by molar-refractivity contribution is 7.89. The van der Waals surface area contributed by atoms with Crippen LogP contribution in [0.25, 0.3) is 10.9 Å². The number of benzene rings is 2. The van der Waals surface area contributed by atoms with Gasteiger partial charge in [-0.2, -0.15) is 4.31 Å². The third kappa shape index (κ3) is 4.62. The lowest BCUT2D eigenvalue weighted by Gasteiger charge is -2.26. The molecule has 2 aromatic carbocycles. The molecule has 0 spiro atoms. The molecule has 2 aliphatic rings. The number of nitrogens with zero attached hydrogens (tertiary/aromatic N) is 3. The summed E-state index contributed by atoms with van der Waals surface area (Å²) in [5.74, 6) is 0.387. The van der Waals surface area contributed by atoms with E-state index in [-0.39, 0.29) is 16.4 Å². The molecule has 1 fully saturated rings. The van der Waals surface area contributed by atoms with Crippen LogP contribution in [-0.2, 0) is 23.0 Å². The molecule has 184 valence electrons. The van der Waals surface area contributed by atoms with Crippen molar-refractivity contribution in [3.8, 4) is 0 Å². The number of sulfonamides is 1. The fourth-order valence-electron chi connectivity index (χ4n) is 4.96. The summed E-state index contributed by atoms with van der Waals surface area (Å²) in [5.41, 5.74) is 1.86. The molecule has 1 amide bonds. The Morgan fingerprint density at radius 3 is 2.49 bits per heavy atom. The van der Waals surface area contributed by atoms with E-state index in [9.17, 15) is 18.0 Å². The Morgan fingerprint density at radius 1 is 0.943 bits per heavy atom. The molecule has 5 rings (SSSR count). The van der Waals surface area contributed by atoms with Crippen LogP contribution in [-0.4, -0.2) is 41.3 Å². The Morgan fingerprint density at radius 2 is 1.69 bits per heavy atom. The van der Waals surface area contributed by atoms with Crippen molar-refractivity contribution in [1.29, 1.82) is 0 Å². The molecule has 0 bridgehead atoms. The molecule has 0 unspecified atom stereocenters. The smallest absolute Gasteiger partial charge is 0.261 e. The maximum atomic E-state index is 13.2. The minimum atomic E-state index is -3.63. The van der Waals surface area contributed by atoms with Crippen molar-refractivity contribution >= 4 is 32.5 Å². The van der Waals surface area contributed by atoms with E-state index in [0.29, 0.717) is 47.4 Å². The van der Waals surface area contributed by atoms with Crippen molar-refractivity contribution < 1.29 is 13.2 Å². The average molecular weight is 495 g/mol. The number of amides is 1. The lowest BCUT2D eigenvalue weighted by Crippen LogP contribution is -2.36. The van der Waals surface area contributed by atoms with Gasteiger partial charge in [-0.25, -0.2) is 13.4 Å². The minimum Gasteiger partial charge on any atom is -0.322 e. The molecule has 8 nitrogen and oxygen atoms in total. The number of hydrogen-bond acceptors (Lipinski definition) is 5. The van der Waals surface area contributed by atoms with Gasteiger partial charge >= 0.3 is 0 Å². The number of carbonyl (C=O) groups is 1. The summed E-state index contributed by atoms with van der Waals surface area (Å²) in [6, 6.07) is 9.85. The summed E-state index contributed by atoms with van der Waals surface area (Å²) in [7, 11) is -3.63. The standard InChI is InChI=1S/C26H30N4O4S/c1-18-9-11-20(17-23(18)35(33,34)29-13-5-3-6-14-29)27-25(31)19-10-12-21-22(16-19)28-24-8-4-2-7-15-30(24)26(21)32/h9-12,16-17H,2-8,13-15H2,1H3,(H,27,31). The number of nitrogens with one attached hydrogen (secondary N) is 1. The summed E-state index contributed by atoms with van der Waals surface area (Å²) in [6.45, 7) is 3.48. The predicted molar refractivity (Wildman–Crippen MR) is 135 cm³/mol. The van der Waals surface area contributed by atoms with Crippen molar-refractivity contribution in [2.45, 2.75) is 63.3 Å². The van der Waals surface area contributed by atoms with Crippen LogP contribution >= 0.6 is 0 Å². The first kappa shape index (κ1) is 23.7. The van der Waals surface area contributed by atoms with E-state index in [1.54, 1.807) is 41.8 Å². The number of aromatic nitrogens is 2. The zero-order valence-corrected chi connectivity index (χ0v) is 20.7. The second kappa shape index (κ2) is 9.54. The van der Waals surface area contributed by atoms with Crippen LogP contribution < -0.4 is 10.9 Å². The number of piperidine rings is 1. The van der Waals surface area contributed by atoms with Crippen LogP contribution in [0.15, 0.2) is 46.1 Å². The van der Waals surface area contributed by atoms with E-state index in [2.05, 4.69) is 5.32 Å². The number of fused-ring (bicyclic) bond motifs is 2. The van der Waals surface area contributed by atoms with Gasteiger partial charge in [-0.1, -0.05) is 18.9 Å². The molecule has 0 radical (unpaired) electrons. The van der Waals surface area contributed by atoms with Gasteiger partial charge in [0.1, 0.15) is 5.82 Å². The van der Waals surface area contributed by atoms with Crippen LogP contribution in [0, 0.1) is 6.92 Å². The van der Waals surface area contributed by atoms with E-state index >= 15 is 0 Å². The summed E-state index contributed by atoms with van der Waals surface area (Å²) in [6.07, 6.45) is 6.53. The van der Waals surface area contributed by atoms with Gasteiger partial charge in [-0.3, -0.25) is 14.2 Å². The number of anilines is 1. The summed E-state index contributed by atoms with van der Waals surface area (Å²) >= 11 is 0. The van der Waals surface area contributed by atoms with Crippen molar-refractivity contribution in [3.63, 3.8) is 0 Å². The van der Waals surface area contributed by atoms with Gasteiger partial charge in [-0.05, 0) is 68.5 Å². The van der Waals surface area contributed by atoms with E-state index in [1.807, 2.05) is 0 Å². The van der Waals surface area contributed by atoms with Gasteiger partial charge in [0.15, 0.2) is 0 Å². The maximum absolute atomic E-state index is 13.2. The Bertz CT molecular complexity index is 1460. The van der Waals surface area contributed by atoms with Gasteiger partial charge in [-0.15, -0.1) is 0 Å². The van der Waals surface area contributed by atoms with Crippen molar-refractivity contribution in [1.82, 2.24) is 13.9 Å². The largest absolute Gasteiger partial charge is 0.322 e. The lowest BCUT2D eigenvalue weighted by molar-refractivity contribution is 0.102. The van der Waals surface area contributed by atoms with Crippen molar-refractivity contribution in [3.05, 3.63) is 63.7 Å². The van der Waals surface area contributed by atoms with Gasteiger partial charge in [0.05, 0.1) is 15.8 Å². The summed E-state index contributed by atoms with van der Waals surface area (Å²) in [5, 5.41) is 3.32. The Hall–Kier alpha value is -3.04. The Balaban J connectivity index is 1.43. The molecule has 3 heterocycles. The van der Waals surface area contributed by atoms with Crippen LogP contribution in [0.3, 0.4) is 0 Å².